The number of aryl methyl sites for hydroxylation is 1. The van der Waals surface area contributed by atoms with Gasteiger partial charge in [-0.2, -0.15) is 0 Å². The molecule has 0 bridgehead atoms. The highest BCUT2D eigenvalue weighted by atomic mass is 32.2. The first kappa shape index (κ1) is 20.0. The van der Waals surface area contributed by atoms with Crippen molar-refractivity contribution in [2.24, 2.45) is 0 Å². The van der Waals surface area contributed by atoms with Crippen molar-refractivity contribution in [2.75, 3.05) is 13.3 Å². The Labute approximate surface area is 177 Å². The van der Waals surface area contributed by atoms with E-state index in [-0.39, 0.29) is 11.3 Å². The molecule has 1 saturated carbocycles. The number of carbonyl (C=O) groups is 1. The Kier molecular flexibility index (Phi) is 5.95. The lowest BCUT2D eigenvalue weighted by atomic mass is 9.94. The Morgan fingerprint density at radius 3 is 2.48 bits per heavy atom. The van der Waals surface area contributed by atoms with Crippen LogP contribution in [0.15, 0.2) is 48.5 Å². The molecule has 4 rings (SSSR count). The molecule has 1 atom stereocenters. The monoisotopic (exact) mass is 407 g/mol. The van der Waals surface area contributed by atoms with E-state index in [0.29, 0.717) is 6.04 Å². The second-order valence-corrected chi connectivity index (χ2v) is 8.85. The van der Waals surface area contributed by atoms with Gasteiger partial charge in [0.05, 0.1) is 11.0 Å². The molecule has 5 heteroatoms. The molecule has 2 aromatic carbocycles. The van der Waals surface area contributed by atoms with Crippen LogP contribution in [0.5, 0.6) is 0 Å². The minimum absolute atomic E-state index is 0.127. The molecule has 1 fully saturated rings. The smallest absolute Gasteiger partial charge is 0.253 e. The lowest BCUT2D eigenvalue weighted by Crippen LogP contribution is -2.38. The SMILES string of the molecule is CSC(c1ccc(C(=O)N(C)C2CCCCC2)cc1)n1c(C)nc2ccccc21. The zero-order valence-electron chi connectivity index (χ0n) is 17.5. The summed E-state index contributed by atoms with van der Waals surface area (Å²) in [7, 11) is 1.96. The van der Waals surface area contributed by atoms with Crippen molar-refractivity contribution in [2.45, 2.75) is 50.4 Å². The molecule has 0 spiro atoms. The fraction of sp³-hybridized carbons (Fsp3) is 0.417. The summed E-state index contributed by atoms with van der Waals surface area (Å²) in [6, 6.07) is 16.8. The molecule has 0 aliphatic heterocycles. The molecule has 152 valence electrons. The normalized spacial score (nSPS) is 16.1. The number of hydrogen-bond acceptors (Lipinski definition) is 3. The van der Waals surface area contributed by atoms with E-state index < -0.39 is 0 Å². The minimum atomic E-state index is 0.127. The molecule has 1 aromatic heterocycles. The Balaban J connectivity index is 1.59. The number of carbonyl (C=O) groups excluding carboxylic acids is 1. The fourth-order valence-corrected chi connectivity index (χ4v) is 5.39. The number of fused-ring (bicyclic) bond motifs is 1. The summed E-state index contributed by atoms with van der Waals surface area (Å²) >= 11 is 1.78. The molecular formula is C24H29N3OS. The number of benzene rings is 2. The van der Waals surface area contributed by atoms with Crippen molar-refractivity contribution in [3.63, 3.8) is 0 Å². The second kappa shape index (κ2) is 8.62. The standard InChI is InChI=1S/C24H29N3OS/c1-17-25-21-11-7-8-12-22(21)27(17)24(29-3)19-15-13-18(14-16-19)23(28)26(2)20-9-5-4-6-10-20/h7-8,11-16,20,24H,4-6,9-10H2,1-3H3. The topological polar surface area (TPSA) is 38.1 Å². The van der Waals surface area contributed by atoms with Crippen LogP contribution in [-0.4, -0.2) is 39.7 Å². The van der Waals surface area contributed by atoms with E-state index in [1.54, 1.807) is 11.8 Å². The number of nitrogens with zero attached hydrogens (tertiary/aromatic N) is 3. The molecule has 1 aliphatic rings. The van der Waals surface area contributed by atoms with Crippen molar-refractivity contribution in [3.8, 4) is 0 Å². The van der Waals surface area contributed by atoms with E-state index in [9.17, 15) is 4.79 Å². The maximum atomic E-state index is 13.0. The summed E-state index contributed by atoms with van der Waals surface area (Å²) < 4.78 is 2.28. The molecular weight excluding hydrogens is 378 g/mol. The number of hydrogen-bond donors (Lipinski definition) is 0. The van der Waals surface area contributed by atoms with Gasteiger partial charge in [0.15, 0.2) is 0 Å². The lowest BCUT2D eigenvalue weighted by molar-refractivity contribution is 0.0696. The first-order valence-corrected chi connectivity index (χ1v) is 11.7. The summed E-state index contributed by atoms with van der Waals surface area (Å²) in [4.78, 5) is 19.6. The largest absolute Gasteiger partial charge is 0.339 e. The predicted octanol–water partition coefficient (Wildman–Crippen LogP) is 5.66. The Bertz CT molecular complexity index is 989. The van der Waals surface area contributed by atoms with E-state index in [2.05, 4.69) is 48.1 Å². The van der Waals surface area contributed by atoms with Gasteiger partial charge in [0.1, 0.15) is 11.2 Å². The van der Waals surface area contributed by atoms with Gasteiger partial charge in [-0.3, -0.25) is 4.79 Å². The van der Waals surface area contributed by atoms with Crippen LogP contribution >= 0.6 is 11.8 Å². The summed E-state index contributed by atoms with van der Waals surface area (Å²) in [5.74, 6) is 1.14. The molecule has 1 unspecified atom stereocenters. The lowest BCUT2D eigenvalue weighted by Gasteiger charge is -2.31. The van der Waals surface area contributed by atoms with Crippen molar-refractivity contribution >= 4 is 28.7 Å². The van der Waals surface area contributed by atoms with Gasteiger partial charge >= 0.3 is 0 Å². The zero-order valence-corrected chi connectivity index (χ0v) is 18.3. The van der Waals surface area contributed by atoms with Gasteiger partial charge in [0.2, 0.25) is 0 Å². The van der Waals surface area contributed by atoms with Crippen LogP contribution in [0.4, 0.5) is 0 Å². The van der Waals surface area contributed by atoms with Gasteiger partial charge in [0, 0.05) is 18.7 Å². The molecule has 0 radical (unpaired) electrons. The van der Waals surface area contributed by atoms with E-state index in [4.69, 9.17) is 4.98 Å². The summed E-state index contributed by atoms with van der Waals surface area (Å²) in [6.45, 7) is 2.06. The van der Waals surface area contributed by atoms with Gasteiger partial charge in [0.25, 0.3) is 5.91 Å². The maximum Gasteiger partial charge on any atom is 0.253 e. The molecule has 1 heterocycles. The molecule has 0 N–H and O–H groups in total. The highest BCUT2D eigenvalue weighted by molar-refractivity contribution is 7.98. The number of rotatable bonds is 5. The van der Waals surface area contributed by atoms with Crippen molar-refractivity contribution in [1.82, 2.24) is 14.5 Å². The van der Waals surface area contributed by atoms with Crippen LogP contribution in [0.2, 0.25) is 0 Å². The molecule has 0 saturated heterocycles. The summed E-state index contributed by atoms with van der Waals surface area (Å²) in [5, 5.41) is 0.127. The zero-order chi connectivity index (χ0) is 20.4. The number of para-hydroxylation sites is 2. The fourth-order valence-electron chi connectivity index (χ4n) is 4.48. The molecule has 1 aliphatic carbocycles. The Hall–Kier alpha value is -2.27. The van der Waals surface area contributed by atoms with Crippen LogP contribution in [0.3, 0.4) is 0 Å². The first-order chi connectivity index (χ1) is 14.1. The van der Waals surface area contributed by atoms with Crippen molar-refractivity contribution < 1.29 is 4.79 Å². The maximum absolute atomic E-state index is 13.0. The predicted molar refractivity (Wildman–Crippen MR) is 122 cm³/mol. The van der Waals surface area contributed by atoms with Crippen LogP contribution < -0.4 is 0 Å². The van der Waals surface area contributed by atoms with Gasteiger partial charge in [-0.25, -0.2) is 4.98 Å². The molecule has 1 amide bonds. The quantitative estimate of drug-likeness (QED) is 0.548. The Morgan fingerprint density at radius 1 is 1.10 bits per heavy atom. The third kappa shape index (κ3) is 3.93. The van der Waals surface area contributed by atoms with Gasteiger partial charge in [-0.15, -0.1) is 11.8 Å². The van der Waals surface area contributed by atoms with Crippen LogP contribution in [0.1, 0.15) is 59.2 Å². The highest BCUT2D eigenvalue weighted by Gasteiger charge is 2.24. The number of thioether (sulfide) groups is 1. The molecule has 29 heavy (non-hydrogen) atoms. The number of imidazole rings is 1. The average Bonchev–Trinajstić information content (AvgIpc) is 3.10. The highest BCUT2D eigenvalue weighted by Crippen LogP contribution is 2.33. The van der Waals surface area contributed by atoms with Crippen LogP contribution in [0.25, 0.3) is 11.0 Å². The van der Waals surface area contributed by atoms with Crippen LogP contribution in [0, 0.1) is 6.92 Å². The average molecular weight is 408 g/mol. The van der Waals surface area contributed by atoms with E-state index in [1.807, 2.05) is 30.1 Å². The Morgan fingerprint density at radius 2 is 1.79 bits per heavy atom. The molecule has 3 aromatic rings. The van der Waals surface area contributed by atoms with Gasteiger partial charge in [-0.05, 0) is 55.9 Å². The van der Waals surface area contributed by atoms with Gasteiger partial charge in [-0.1, -0.05) is 43.5 Å². The van der Waals surface area contributed by atoms with E-state index in [0.717, 1.165) is 35.3 Å². The third-order valence-corrected chi connectivity index (χ3v) is 7.04. The van der Waals surface area contributed by atoms with E-state index >= 15 is 0 Å². The number of aromatic nitrogens is 2. The molecule has 4 nitrogen and oxygen atoms in total. The first-order valence-electron chi connectivity index (χ1n) is 10.4. The second-order valence-electron chi connectivity index (χ2n) is 7.94. The summed E-state index contributed by atoms with van der Waals surface area (Å²) in [5.41, 5.74) is 4.11. The van der Waals surface area contributed by atoms with Gasteiger partial charge < -0.3 is 9.47 Å². The number of amides is 1. The van der Waals surface area contributed by atoms with Crippen LogP contribution in [-0.2, 0) is 0 Å². The van der Waals surface area contributed by atoms with E-state index in [1.165, 1.54) is 24.8 Å². The third-order valence-electron chi connectivity index (χ3n) is 6.12. The summed E-state index contributed by atoms with van der Waals surface area (Å²) in [6.07, 6.45) is 8.13. The van der Waals surface area contributed by atoms with Crippen molar-refractivity contribution in [3.05, 3.63) is 65.5 Å². The minimum Gasteiger partial charge on any atom is -0.339 e. The van der Waals surface area contributed by atoms with Crippen molar-refractivity contribution in [1.29, 1.82) is 0 Å².